The number of hydrogen-bond acceptors (Lipinski definition) is 4. The molecule has 3 rings (SSSR count). The molecule has 0 saturated carbocycles. The summed E-state index contributed by atoms with van der Waals surface area (Å²) in [7, 11) is 0. The van der Waals surface area contributed by atoms with Gasteiger partial charge in [0.25, 0.3) is 0 Å². The van der Waals surface area contributed by atoms with Crippen molar-refractivity contribution >= 4 is 28.4 Å². The summed E-state index contributed by atoms with van der Waals surface area (Å²) >= 11 is 0.574. The number of rotatable bonds is 3. The van der Waals surface area contributed by atoms with Crippen molar-refractivity contribution in [1.82, 2.24) is 14.5 Å². The first-order chi connectivity index (χ1) is 11.5. The number of alkyl halides is 3. The summed E-state index contributed by atoms with van der Waals surface area (Å²) < 4.78 is 39.5. The van der Waals surface area contributed by atoms with Crippen LogP contribution in [0.4, 0.5) is 13.2 Å². The number of amides is 1. The van der Waals surface area contributed by atoms with E-state index in [9.17, 15) is 22.8 Å². The first-order valence-corrected chi connectivity index (χ1v) is 7.92. The smallest absolute Gasteiger partial charge is 0.368 e. The number of carbonyl (C=O) groups is 1. The van der Waals surface area contributed by atoms with Crippen molar-refractivity contribution in [2.24, 2.45) is 5.73 Å². The Morgan fingerprint density at radius 2 is 2.00 bits per heavy atom. The van der Waals surface area contributed by atoms with Gasteiger partial charge in [-0.05, 0) is 32.0 Å². The van der Waals surface area contributed by atoms with Crippen LogP contribution in [0.15, 0.2) is 29.2 Å². The third-order valence-electron chi connectivity index (χ3n) is 3.87. The van der Waals surface area contributed by atoms with E-state index in [1.807, 2.05) is 0 Å². The molecule has 0 aliphatic heterocycles. The highest BCUT2D eigenvalue weighted by Crippen LogP contribution is 2.38. The van der Waals surface area contributed by atoms with Crippen LogP contribution in [0.25, 0.3) is 21.6 Å². The lowest BCUT2D eigenvalue weighted by atomic mass is 10.0. The molecule has 25 heavy (non-hydrogen) atoms. The van der Waals surface area contributed by atoms with E-state index in [1.165, 1.54) is 32.2 Å². The van der Waals surface area contributed by atoms with Crippen molar-refractivity contribution in [2.75, 3.05) is 0 Å². The Morgan fingerprint density at radius 1 is 1.32 bits per heavy atom. The molecule has 0 saturated heterocycles. The number of halogens is 3. The number of pyridine rings is 1. The number of aromatic nitrogens is 3. The quantitative estimate of drug-likeness (QED) is 0.742. The van der Waals surface area contributed by atoms with E-state index >= 15 is 0 Å². The molecule has 0 fully saturated rings. The summed E-state index contributed by atoms with van der Waals surface area (Å²) in [5.74, 6) is -0.726. The van der Waals surface area contributed by atoms with Gasteiger partial charge in [-0.3, -0.25) is 14.3 Å². The molecule has 3 N–H and O–H groups in total. The van der Waals surface area contributed by atoms with Crippen molar-refractivity contribution in [3.63, 3.8) is 0 Å². The number of H-pyrrole nitrogens is 1. The van der Waals surface area contributed by atoms with Crippen molar-refractivity contribution < 1.29 is 18.0 Å². The van der Waals surface area contributed by atoms with Gasteiger partial charge < -0.3 is 5.73 Å². The summed E-state index contributed by atoms with van der Waals surface area (Å²) in [4.78, 5) is 30.1. The highest BCUT2D eigenvalue weighted by molar-refractivity contribution is 7.15. The summed E-state index contributed by atoms with van der Waals surface area (Å²) in [6.45, 7) is 2.95. The zero-order valence-corrected chi connectivity index (χ0v) is 14.0. The third-order valence-corrected chi connectivity index (χ3v) is 5.05. The fourth-order valence-corrected chi connectivity index (χ4v) is 3.29. The molecule has 0 spiro atoms. The Labute approximate surface area is 143 Å². The van der Waals surface area contributed by atoms with Crippen LogP contribution in [-0.4, -0.2) is 20.4 Å². The molecule has 0 aromatic carbocycles. The Morgan fingerprint density at radius 3 is 2.56 bits per heavy atom. The van der Waals surface area contributed by atoms with Gasteiger partial charge in [0.2, 0.25) is 5.91 Å². The highest BCUT2D eigenvalue weighted by Gasteiger charge is 2.33. The minimum absolute atomic E-state index is 0.218. The molecule has 0 aliphatic carbocycles. The van der Waals surface area contributed by atoms with E-state index in [4.69, 9.17) is 5.73 Å². The first-order valence-electron chi connectivity index (χ1n) is 7.10. The zero-order chi connectivity index (χ0) is 18.6. The topological polar surface area (TPSA) is 93.8 Å². The predicted octanol–water partition coefficient (Wildman–Crippen LogP) is 2.69. The largest absolute Gasteiger partial charge is 0.425 e. The number of hydrogen-bond donors (Lipinski definition) is 2. The fourth-order valence-electron chi connectivity index (χ4n) is 2.43. The molecule has 0 unspecified atom stereocenters. The number of nitrogens with two attached hydrogens (primary N) is 1. The summed E-state index contributed by atoms with van der Waals surface area (Å²) in [5.41, 5.74) is 4.36. The maximum Gasteiger partial charge on any atom is 0.425 e. The van der Waals surface area contributed by atoms with Crippen LogP contribution in [-0.2, 0) is 16.5 Å². The van der Waals surface area contributed by atoms with Gasteiger partial charge in [0.15, 0.2) is 5.65 Å². The number of carbonyl (C=O) groups excluding carboxylic acids is 1. The van der Waals surface area contributed by atoms with Gasteiger partial charge in [0, 0.05) is 16.6 Å². The molecule has 3 aromatic rings. The van der Waals surface area contributed by atoms with Crippen LogP contribution < -0.4 is 11.4 Å². The fraction of sp³-hybridized carbons (Fsp3) is 0.267. The van der Waals surface area contributed by atoms with E-state index in [1.54, 1.807) is 0 Å². The molecular weight excluding hydrogens is 357 g/mol. The molecule has 0 atom stereocenters. The second-order valence-electron chi connectivity index (χ2n) is 5.94. The summed E-state index contributed by atoms with van der Waals surface area (Å²) in [5, 5.41) is 0. The molecule has 3 aromatic heterocycles. The molecule has 6 nitrogen and oxygen atoms in total. The Bertz CT molecular complexity index is 1030. The van der Waals surface area contributed by atoms with Gasteiger partial charge in [-0.1, -0.05) is 0 Å². The van der Waals surface area contributed by atoms with Crippen LogP contribution in [0, 0.1) is 0 Å². The van der Waals surface area contributed by atoms with Crippen molar-refractivity contribution in [1.29, 1.82) is 0 Å². The number of imidazole rings is 1. The van der Waals surface area contributed by atoms with Gasteiger partial charge in [0.1, 0.15) is 10.4 Å². The van der Waals surface area contributed by atoms with Crippen molar-refractivity contribution in [3.8, 4) is 10.4 Å². The average Bonchev–Trinajstić information content (AvgIpc) is 3.09. The minimum Gasteiger partial charge on any atom is -0.368 e. The van der Waals surface area contributed by atoms with E-state index in [-0.39, 0.29) is 11.2 Å². The molecule has 1 amide bonds. The lowest BCUT2D eigenvalue weighted by molar-refractivity contribution is -0.134. The second kappa shape index (κ2) is 5.45. The lowest BCUT2D eigenvalue weighted by Crippen LogP contribution is -2.45. The van der Waals surface area contributed by atoms with E-state index < -0.39 is 28.2 Å². The SMILES string of the molecule is CC(C)(C(N)=O)n1c(=O)[nH]c2ncc(-c3ccc(C(F)(F)F)s3)cc21. The van der Waals surface area contributed by atoms with Crippen LogP contribution in [0.3, 0.4) is 0 Å². The van der Waals surface area contributed by atoms with Crippen molar-refractivity contribution in [3.05, 3.63) is 39.8 Å². The van der Waals surface area contributed by atoms with Crippen LogP contribution in [0.5, 0.6) is 0 Å². The Kier molecular flexibility index (Phi) is 3.75. The molecule has 0 aliphatic rings. The number of fused-ring (bicyclic) bond motifs is 1. The molecule has 10 heteroatoms. The van der Waals surface area contributed by atoms with Gasteiger partial charge in [-0.2, -0.15) is 13.2 Å². The molecule has 0 bridgehead atoms. The van der Waals surface area contributed by atoms with Crippen LogP contribution >= 0.6 is 11.3 Å². The minimum atomic E-state index is -4.43. The van der Waals surface area contributed by atoms with E-state index in [0.29, 0.717) is 21.8 Å². The predicted molar refractivity (Wildman–Crippen MR) is 87.2 cm³/mol. The Hall–Kier alpha value is -2.62. The standard InChI is InChI=1S/C15H13F3N4O2S/c1-14(2,12(19)23)22-8-5-7(6-20-11(8)21-13(22)24)9-3-4-10(25-9)15(16,17)18/h3-6H,1-2H3,(H2,19,23)(H,20,21,24). The van der Waals surface area contributed by atoms with Crippen molar-refractivity contribution in [2.45, 2.75) is 25.6 Å². The number of nitrogens with one attached hydrogen (secondary N) is 1. The average molecular weight is 370 g/mol. The van der Waals surface area contributed by atoms with Gasteiger partial charge >= 0.3 is 11.9 Å². The second-order valence-corrected chi connectivity index (χ2v) is 7.03. The zero-order valence-electron chi connectivity index (χ0n) is 13.1. The molecule has 132 valence electrons. The third kappa shape index (κ3) is 2.82. The Balaban J connectivity index is 2.19. The lowest BCUT2D eigenvalue weighted by Gasteiger charge is -2.22. The molecular formula is C15H13F3N4O2S. The van der Waals surface area contributed by atoms with E-state index in [0.717, 1.165) is 10.6 Å². The maximum atomic E-state index is 12.8. The van der Waals surface area contributed by atoms with Crippen LogP contribution in [0.1, 0.15) is 18.7 Å². The number of nitrogens with zero attached hydrogens (tertiary/aromatic N) is 2. The molecule has 0 radical (unpaired) electrons. The highest BCUT2D eigenvalue weighted by atomic mass is 32.1. The monoisotopic (exact) mass is 370 g/mol. The number of thiophene rings is 1. The normalized spacial score (nSPS) is 12.7. The maximum absolute atomic E-state index is 12.8. The van der Waals surface area contributed by atoms with E-state index in [2.05, 4.69) is 9.97 Å². The first kappa shape index (κ1) is 17.2. The van der Waals surface area contributed by atoms with Crippen LogP contribution in [0.2, 0.25) is 0 Å². The van der Waals surface area contributed by atoms with Gasteiger partial charge in [0.05, 0.1) is 5.52 Å². The van der Waals surface area contributed by atoms with Gasteiger partial charge in [-0.15, -0.1) is 11.3 Å². The molecule has 3 heterocycles. The summed E-state index contributed by atoms with van der Waals surface area (Å²) in [6.07, 6.45) is -3.06. The number of aromatic amines is 1. The summed E-state index contributed by atoms with van der Waals surface area (Å²) in [6, 6.07) is 3.84. The van der Waals surface area contributed by atoms with Gasteiger partial charge in [-0.25, -0.2) is 9.78 Å². The number of primary amides is 1.